The van der Waals surface area contributed by atoms with Gasteiger partial charge in [-0.15, -0.1) is 5.10 Å². The van der Waals surface area contributed by atoms with E-state index in [9.17, 15) is 0 Å². The smallest absolute Gasteiger partial charge is 0.236 e. The number of rotatable bonds is 1. The fourth-order valence-corrected chi connectivity index (χ4v) is 1.01. The monoisotopic (exact) mass is 196 g/mol. The van der Waals surface area contributed by atoms with Crippen molar-refractivity contribution in [3.05, 3.63) is 36.0 Å². The molecule has 6 nitrogen and oxygen atoms in total. The zero-order valence-electron chi connectivity index (χ0n) is 7.49. The van der Waals surface area contributed by atoms with Crippen LogP contribution in [0, 0.1) is 22.7 Å². The summed E-state index contributed by atoms with van der Waals surface area (Å²) in [5.74, 6) is 0.601. The third-order valence-electron chi connectivity index (χ3n) is 1.70. The van der Waals surface area contributed by atoms with Gasteiger partial charge in [0, 0.05) is 6.20 Å². The van der Waals surface area contributed by atoms with Gasteiger partial charge in [-0.1, -0.05) is 0 Å². The van der Waals surface area contributed by atoms with E-state index in [1.165, 1.54) is 17.2 Å². The molecule has 0 unspecified atom stereocenters. The highest BCUT2D eigenvalue weighted by Gasteiger charge is 2.02. The van der Waals surface area contributed by atoms with E-state index in [-0.39, 0.29) is 5.82 Å². The summed E-state index contributed by atoms with van der Waals surface area (Å²) in [7, 11) is 0. The lowest BCUT2D eigenvalue weighted by atomic mass is 10.3. The van der Waals surface area contributed by atoms with Gasteiger partial charge in [-0.2, -0.15) is 10.5 Å². The van der Waals surface area contributed by atoms with Crippen LogP contribution in [0.3, 0.4) is 0 Å². The van der Waals surface area contributed by atoms with Gasteiger partial charge in [0.2, 0.25) is 0 Å². The first-order valence-corrected chi connectivity index (χ1v) is 4.02. The van der Waals surface area contributed by atoms with Crippen molar-refractivity contribution in [2.75, 3.05) is 0 Å². The van der Waals surface area contributed by atoms with Gasteiger partial charge in [-0.3, -0.25) is 0 Å². The van der Waals surface area contributed by atoms with E-state index in [0.717, 1.165) is 0 Å². The fraction of sp³-hybridized carbons (Fsp3) is 0. The molecule has 0 atom stereocenters. The highest BCUT2D eigenvalue weighted by molar-refractivity contribution is 5.31. The van der Waals surface area contributed by atoms with Crippen molar-refractivity contribution < 1.29 is 0 Å². The Morgan fingerprint density at radius 2 is 2.00 bits per heavy atom. The molecule has 2 rings (SSSR count). The summed E-state index contributed by atoms with van der Waals surface area (Å²) in [6.07, 6.45) is 2.83. The van der Waals surface area contributed by atoms with Crippen molar-refractivity contribution in [2.24, 2.45) is 0 Å². The second kappa shape index (κ2) is 3.56. The third kappa shape index (κ3) is 1.64. The molecule has 0 amide bonds. The summed E-state index contributed by atoms with van der Waals surface area (Å²) in [5.41, 5.74) is 0.472. The van der Waals surface area contributed by atoms with Gasteiger partial charge >= 0.3 is 0 Å². The first-order valence-electron chi connectivity index (χ1n) is 4.02. The Labute approximate surface area is 85.1 Å². The van der Waals surface area contributed by atoms with Crippen LogP contribution in [-0.4, -0.2) is 19.7 Å². The standard InChI is InChI=1S/C9H4N6/c10-3-7-1-2-9(12-5-7)15-6-13-8(4-11)14-15/h1-2,5-6H. The summed E-state index contributed by atoms with van der Waals surface area (Å²) in [6.45, 7) is 0. The molecule has 2 heterocycles. The molecule has 0 aliphatic carbocycles. The molecule has 6 heteroatoms. The number of pyridine rings is 1. The molecule has 0 spiro atoms. The van der Waals surface area contributed by atoms with Crippen LogP contribution >= 0.6 is 0 Å². The Morgan fingerprint density at radius 1 is 1.13 bits per heavy atom. The summed E-state index contributed by atoms with van der Waals surface area (Å²) >= 11 is 0. The predicted octanol–water partition coefficient (Wildman–Crippen LogP) is 0.406. The number of aromatic nitrogens is 4. The Kier molecular flexibility index (Phi) is 2.10. The molecule has 0 radical (unpaired) electrons. The zero-order chi connectivity index (χ0) is 10.7. The van der Waals surface area contributed by atoms with Crippen LogP contribution in [0.2, 0.25) is 0 Å². The van der Waals surface area contributed by atoms with Crippen molar-refractivity contribution in [1.82, 2.24) is 19.7 Å². The average Bonchev–Trinajstić information content (AvgIpc) is 2.78. The normalized spacial score (nSPS) is 9.20. The van der Waals surface area contributed by atoms with Crippen LogP contribution in [0.5, 0.6) is 0 Å². The lowest BCUT2D eigenvalue weighted by Crippen LogP contribution is -1.98. The predicted molar refractivity (Wildman–Crippen MR) is 48.6 cm³/mol. The molecular weight excluding hydrogens is 192 g/mol. The molecule has 0 saturated carbocycles. The van der Waals surface area contributed by atoms with E-state index in [2.05, 4.69) is 15.1 Å². The Balaban J connectivity index is 2.39. The molecule has 0 aliphatic heterocycles. The second-order valence-corrected chi connectivity index (χ2v) is 2.64. The van der Waals surface area contributed by atoms with E-state index in [1.807, 2.05) is 12.1 Å². The molecule has 0 aromatic carbocycles. The van der Waals surface area contributed by atoms with Crippen molar-refractivity contribution in [3.8, 4) is 18.0 Å². The quantitative estimate of drug-likeness (QED) is 0.658. The number of nitriles is 2. The van der Waals surface area contributed by atoms with Crippen molar-refractivity contribution in [2.45, 2.75) is 0 Å². The van der Waals surface area contributed by atoms with Gasteiger partial charge in [-0.25, -0.2) is 14.6 Å². The van der Waals surface area contributed by atoms with Gasteiger partial charge < -0.3 is 0 Å². The molecule has 0 saturated heterocycles. The molecule has 70 valence electrons. The largest absolute Gasteiger partial charge is 0.252 e. The maximum Gasteiger partial charge on any atom is 0.252 e. The Morgan fingerprint density at radius 3 is 2.53 bits per heavy atom. The van der Waals surface area contributed by atoms with Gasteiger partial charge in [-0.05, 0) is 12.1 Å². The van der Waals surface area contributed by atoms with Gasteiger partial charge in [0.15, 0.2) is 5.82 Å². The first-order chi connectivity index (χ1) is 7.33. The summed E-state index contributed by atoms with van der Waals surface area (Å²) < 4.78 is 1.37. The maximum atomic E-state index is 8.57. The summed E-state index contributed by atoms with van der Waals surface area (Å²) in [5, 5.41) is 21.0. The minimum Gasteiger partial charge on any atom is -0.236 e. The van der Waals surface area contributed by atoms with Crippen LogP contribution in [0.4, 0.5) is 0 Å². The minimum absolute atomic E-state index is 0.0844. The van der Waals surface area contributed by atoms with Crippen molar-refractivity contribution >= 4 is 0 Å². The average molecular weight is 196 g/mol. The van der Waals surface area contributed by atoms with E-state index in [1.54, 1.807) is 12.1 Å². The number of hydrogen-bond acceptors (Lipinski definition) is 5. The topological polar surface area (TPSA) is 91.2 Å². The van der Waals surface area contributed by atoms with Crippen LogP contribution < -0.4 is 0 Å². The minimum atomic E-state index is 0.0844. The Bertz CT molecular complexity index is 554. The SMILES string of the molecule is N#Cc1ccc(-n2cnc(C#N)n2)nc1. The number of hydrogen-bond donors (Lipinski definition) is 0. The number of nitrogens with zero attached hydrogens (tertiary/aromatic N) is 6. The van der Waals surface area contributed by atoms with Crippen LogP contribution in [-0.2, 0) is 0 Å². The van der Waals surface area contributed by atoms with Crippen LogP contribution in [0.25, 0.3) is 5.82 Å². The lowest BCUT2D eigenvalue weighted by molar-refractivity contribution is 0.840. The van der Waals surface area contributed by atoms with E-state index < -0.39 is 0 Å². The summed E-state index contributed by atoms with van der Waals surface area (Å²) in [6, 6.07) is 7.03. The maximum absolute atomic E-state index is 8.57. The molecule has 0 bridgehead atoms. The van der Waals surface area contributed by atoms with Crippen LogP contribution in [0.1, 0.15) is 11.4 Å². The van der Waals surface area contributed by atoms with E-state index in [0.29, 0.717) is 11.4 Å². The molecule has 0 N–H and O–H groups in total. The lowest BCUT2D eigenvalue weighted by Gasteiger charge is -1.97. The van der Waals surface area contributed by atoms with E-state index in [4.69, 9.17) is 10.5 Å². The fourth-order valence-electron chi connectivity index (χ4n) is 1.01. The molecular formula is C9H4N6. The molecule has 2 aromatic heterocycles. The second-order valence-electron chi connectivity index (χ2n) is 2.64. The molecule has 2 aromatic rings. The van der Waals surface area contributed by atoms with Crippen molar-refractivity contribution in [1.29, 1.82) is 10.5 Å². The van der Waals surface area contributed by atoms with E-state index >= 15 is 0 Å². The molecule has 15 heavy (non-hydrogen) atoms. The summed E-state index contributed by atoms with van der Waals surface area (Å²) in [4.78, 5) is 7.74. The van der Waals surface area contributed by atoms with Crippen LogP contribution in [0.15, 0.2) is 24.7 Å². The van der Waals surface area contributed by atoms with Gasteiger partial charge in [0.05, 0.1) is 5.56 Å². The highest BCUT2D eigenvalue weighted by Crippen LogP contribution is 2.03. The van der Waals surface area contributed by atoms with Crippen molar-refractivity contribution in [3.63, 3.8) is 0 Å². The first kappa shape index (κ1) is 8.85. The van der Waals surface area contributed by atoms with Gasteiger partial charge in [0.1, 0.15) is 18.5 Å². The molecule has 0 fully saturated rings. The van der Waals surface area contributed by atoms with Gasteiger partial charge in [0.25, 0.3) is 5.82 Å². The Hall–Kier alpha value is -2.73. The zero-order valence-corrected chi connectivity index (χ0v) is 7.49. The highest BCUT2D eigenvalue weighted by atomic mass is 15.4. The molecule has 0 aliphatic rings. The third-order valence-corrected chi connectivity index (χ3v) is 1.70.